The largest absolute Gasteiger partial charge is 0.330 e. The average molecular weight is 694 g/mol. The molecule has 0 aromatic carbocycles. The number of hydrogen-bond donors (Lipinski definition) is 1. The molecule has 1 heteroatoms. The molecular weight excluding hydrogens is 603 g/mol. The van der Waals surface area contributed by atoms with E-state index in [1.807, 2.05) is 0 Å². The lowest BCUT2D eigenvalue weighted by atomic mass is 9.73. The van der Waals surface area contributed by atoms with Gasteiger partial charge >= 0.3 is 0 Å². The average Bonchev–Trinajstić information content (AvgIpc) is 3.48. The molecular formula is C49H91N. The van der Waals surface area contributed by atoms with Crippen molar-refractivity contribution >= 4 is 0 Å². The van der Waals surface area contributed by atoms with Gasteiger partial charge in [0.25, 0.3) is 0 Å². The Bertz CT molecular complexity index is 866. The molecule has 2 aliphatic carbocycles. The number of allylic oxidation sites excluding steroid dienone is 6. The summed E-state index contributed by atoms with van der Waals surface area (Å²) in [6, 6.07) is 0. The summed E-state index contributed by atoms with van der Waals surface area (Å²) in [4.78, 5) is 0. The van der Waals surface area contributed by atoms with Gasteiger partial charge in [0.2, 0.25) is 0 Å². The number of nitrogens with two attached hydrogens (primary N) is 1. The smallest absolute Gasteiger partial charge is 0.00445 e. The van der Waals surface area contributed by atoms with Gasteiger partial charge in [0.1, 0.15) is 0 Å². The van der Waals surface area contributed by atoms with Crippen molar-refractivity contribution in [3.05, 3.63) is 36.0 Å². The van der Waals surface area contributed by atoms with Crippen LogP contribution < -0.4 is 5.73 Å². The highest BCUT2D eigenvalue weighted by Gasteiger charge is 2.27. The van der Waals surface area contributed by atoms with Gasteiger partial charge in [-0.15, -0.1) is 0 Å². The minimum atomic E-state index is 0.421. The van der Waals surface area contributed by atoms with Gasteiger partial charge in [-0.3, -0.25) is 0 Å². The van der Waals surface area contributed by atoms with Crippen LogP contribution in [0.1, 0.15) is 234 Å². The maximum Gasteiger partial charge on any atom is -0.00445 e. The molecule has 0 spiro atoms. The lowest BCUT2D eigenvalue weighted by Crippen LogP contribution is -2.19. The fourth-order valence-corrected chi connectivity index (χ4v) is 9.70. The maximum atomic E-state index is 5.95. The van der Waals surface area contributed by atoms with E-state index in [1.54, 1.807) is 5.57 Å². The van der Waals surface area contributed by atoms with Gasteiger partial charge < -0.3 is 5.73 Å². The zero-order valence-corrected chi connectivity index (χ0v) is 35.0. The summed E-state index contributed by atoms with van der Waals surface area (Å²) in [6.07, 6.45) is 56.3. The highest BCUT2D eigenvalue weighted by Crippen LogP contribution is 2.41. The predicted octanol–water partition coefficient (Wildman–Crippen LogP) is 16.3. The zero-order valence-electron chi connectivity index (χ0n) is 35.0. The first-order valence-corrected chi connectivity index (χ1v) is 23.2. The molecule has 0 heterocycles. The van der Waals surface area contributed by atoms with E-state index < -0.39 is 0 Å². The first kappa shape index (κ1) is 45.3. The molecule has 0 amide bonds. The summed E-state index contributed by atoms with van der Waals surface area (Å²) in [5.74, 6) is 4.35. The van der Waals surface area contributed by atoms with Crippen molar-refractivity contribution < 1.29 is 0 Å². The second kappa shape index (κ2) is 29.6. The Morgan fingerprint density at radius 1 is 0.620 bits per heavy atom. The molecule has 292 valence electrons. The van der Waals surface area contributed by atoms with E-state index in [0.717, 1.165) is 30.2 Å². The van der Waals surface area contributed by atoms with E-state index in [0.29, 0.717) is 11.3 Å². The molecule has 0 aliphatic heterocycles. The molecule has 6 atom stereocenters. The molecule has 0 bridgehead atoms. The summed E-state index contributed by atoms with van der Waals surface area (Å²) < 4.78 is 0. The van der Waals surface area contributed by atoms with Crippen LogP contribution in [-0.2, 0) is 0 Å². The van der Waals surface area contributed by atoms with Crippen LogP contribution in [0.25, 0.3) is 0 Å². The van der Waals surface area contributed by atoms with E-state index >= 15 is 0 Å². The SMILES string of the molecule is CCCCCCCCC(CCC)CCC(C)(CCCCC)CC1=CC=C[C@@H](C[C@H](CCCCN)CCC2CCC[C@@H](CCCCC)CC2)C=C1. The molecule has 1 saturated carbocycles. The van der Waals surface area contributed by atoms with Crippen molar-refractivity contribution in [3.63, 3.8) is 0 Å². The Morgan fingerprint density at radius 2 is 1.28 bits per heavy atom. The lowest BCUT2D eigenvalue weighted by Gasteiger charge is -2.32. The summed E-state index contributed by atoms with van der Waals surface area (Å²) >= 11 is 0. The molecule has 0 radical (unpaired) electrons. The predicted molar refractivity (Wildman–Crippen MR) is 227 cm³/mol. The maximum absolute atomic E-state index is 5.95. The van der Waals surface area contributed by atoms with Crippen LogP contribution in [0, 0.1) is 35.0 Å². The molecule has 1 nitrogen and oxygen atoms in total. The Hall–Kier alpha value is -0.820. The van der Waals surface area contributed by atoms with Crippen LogP contribution in [0.5, 0.6) is 0 Å². The van der Waals surface area contributed by atoms with E-state index in [1.165, 1.54) is 199 Å². The van der Waals surface area contributed by atoms with Gasteiger partial charge in [-0.05, 0) is 85.6 Å². The standard InChI is InChI=1S/C49H91N/c1-6-10-13-14-15-17-25-43(23-9-4)37-39-49(5,38-19-12-8-3)42-48-30-22-29-47(35-36-48)41-46(26-18-20-40-50)34-33-45-28-21-27-44(31-32-45)24-16-11-7-2/h22,29-30,35-36,43-47H,6-21,23-28,31-34,37-42,50H2,1-5H3/t43?,44-,45?,46-,47-,49?/m1/s1. The van der Waals surface area contributed by atoms with Gasteiger partial charge in [0.15, 0.2) is 0 Å². The minimum absolute atomic E-state index is 0.421. The fourth-order valence-electron chi connectivity index (χ4n) is 9.70. The Morgan fingerprint density at radius 3 is 2.02 bits per heavy atom. The topological polar surface area (TPSA) is 26.0 Å². The van der Waals surface area contributed by atoms with Gasteiger partial charge in [0, 0.05) is 0 Å². The number of unbranched alkanes of at least 4 members (excludes halogenated alkanes) is 10. The molecule has 0 saturated heterocycles. The zero-order chi connectivity index (χ0) is 36.1. The second-order valence-corrected chi connectivity index (χ2v) is 18.0. The monoisotopic (exact) mass is 694 g/mol. The van der Waals surface area contributed by atoms with Crippen molar-refractivity contribution in [2.45, 2.75) is 234 Å². The molecule has 2 N–H and O–H groups in total. The van der Waals surface area contributed by atoms with Crippen molar-refractivity contribution in [1.29, 1.82) is 0 Å². The van der Waals surface area contributed by atoms with Gasteiger partial charge in [-0.1, -0.05) is 226 Å². The molecule has 3 unspecified atom stereocenters. The Labute approximate surface area is 316 Å². The van der Waals surface area contributed by atoms with Crippen LogP contribution in [-0.4, -0.2) is 6.54 Å². The van der Waals surface area contributed by atoms with Crippen LogP contribution in [0.15, 0.2) is 36.0 Å². The van der Waals surface area contributed by atoms with Gasteiger partial charge in [-0.25, -0.2) is 0 Å². The van der Waals surface area contributed by atoms with Crippen LogP contribution >= 0.6 is 0 Å². The quantitative estimate of drug-likeness (QED) is 0.0568. The summed E-state index contributed by atoms with van der Waals surface area (Å²) in [6.45, 7) is 12.9. The lowest BCUT2D eigenvalue weighted by molar-refractivity contribution is 0.226. The molecule has 0 aromatic heterocycles. The molecule has 2 aliphatic rings. The second-order valence-electron chi connectivity index (χ2n) is 18.0. The van der Waals surface area contributed by atoms with Crippen LogP contribution in [0.2, 0.25) is 0 Å². The molecule has 50 heavy (non-hydrogen) atoms. The van der Waals surface area contributed by atoms with Crippen LogP contribution in [0.3, 0.4) is 0 Å². The van der Waals surface area contributed by atoms with E-state index in [9.17, 15) is 0 Å². The van der Waals surface area contributed by atoms with E-state index in [4.69, 9.17) is 5.73 Å². The third-order valence-electron chi connectivity index (χ3n) is 13.1. The molecule has 1 fully saturated rings. The third kappa shape index (κ3) is 21.6. The summed E-state index contributed by atoms with van der Waals surface area (Å²) in [5.41, 5.74) is 7.96. The van der Waals surface area contributed by atoms with Crippen molar-refractivity contribution in [2.24, 2.45) is 40.7 Å². The van der Waals surface area contributed by atoms with Gasteiger partial charge in [0.05, 0.1) is 0 Å². The fraction of sp³-hybridized carbons (Fsp3) is 0.878. The molecule has 0 aromatic rings. The summed E-state index contributed by atoms with van der Waals surface area (Å²) in [5, 5.41) is 0. The first-order chi connectivity index (χ1) is 24.4. The highest BCUT2D eigenvalue weighted by molar-refractivity contribution is 5.29. The van der Waals surface area contributed by atoms with Crippen molar-refractivity contribution in [2.75, 3.05) is 6.54 Å². The molecule has 2 rings (SSSR count). The van der Waals surface area contributed by atoms with Crippen molar-refractivity contribution in [1.82, 2.24) is 0 Å². The highest BCUT2D eigenvalue weighted by atomic mass is 14.5. The van der Waals surface area contributed by atoms with Gasteiger partial charge in [-0.2, -0.15) is 0 Å². The minimum Gasteiger partial charge on any atom is -0.330 e. The Balaban J connectivity index is 1.95. The van der Waals surface area contributed by atoms with E-state index in [2.05, 4.69) is 65.0 Å². The number of hydrogen-bond acceptors (Lipinski definition) is 1. The normalized spacial score (nSPS) is 22.1. The third-order valence-corrected chi connectivity index (χ3v) is 13.1. The first-order valence-electron chi connectivity index (χ1n) is 23.2. The van der Waals surface area contributed by atoms with Crippen LogP contribution in [0.4, 0.5) is 0 Å². The number of rotatable bonds is 31. The van der Waals surface area contributed by atoms with Crippen molar-refractivity contribution in [3.8, 4) is 0 Å². The summed E-state index contributed by atoms with van der Waals surface area (Å²) in [7, 11) is 0. The van der Waals surface area contributed by atoms with E-state index in [-0.39, 0.29) is 0 Å². The Kier molecular flexibility index (Phi) is 26.9.